The van der Waals surface area contributed by atoms with Crippen molar-refractivity contribution < 1.29 is 4.79 Å². The predicted octanol–water partition coefficient (Wildman–Crippen LogP) is 0.866. The van der Waals surface area contributed by atoms with Gasteiger partial charge in [0.1, 0.15) is 5.69 Å². The molecule has 2 aromatic rings. The Balaban J connectivity index is 1.83. The minimum Gasteiger partial charge on any atom is -0.349 e. The topological polar surface area (TPSA) is 72.7 Å². The van der Waals surface area contributed by atoms with E-state index >= 15 is 0 Å². The number of nitrogens with zero attached hydrogens (tertiary/aromatic N) is 4. The Morgan fingerprint density at radius 3 is 3.00 bits per heavy atom. The van der Waals surface area contributed by atoms with Crippen LogP contribution in [0.5, 0.6) is 0 Å². The molecule has 0 saturated heterocycles. The number of carbonyl (C=O) groups is 1. The molecule has 0 aliphatic heterocycles. The third kappa shape index (κ3) is 3.35. The van der Waals surface area contributed by atoms with Crippen LogP contribution in [0.25, 0.3) is 0 Å². The van der Waals surface area contributed by atoms with Gasteiger partial charge in [0.05, 0.1) is 12.7 Å². The number of nitrogens with one attached hydrogen (secondary N) is 1. The van der Waals surface area contributed by atoms with Gasteiger partial charge in [0.15, 0.2) is 0 Å². The van der Waals surface area contributed by atoms with Crippen LogP contribution in [0.3, 0.4) is 0 Å². The zero-order chi connectivity index (χ0) is 12.1. The Morgan fingerprint density at radius 2 is 2.35 bits per heavy atom. The number of amides is 1. The predicted molar refractivity (Wildman–Crippen MR) is 64.3 cm³/mol. The number of hydrogen-bond acceptors (Lipinski definition) is 4. The summed E-state index contributed by atoms with van der Waals surface area (Å²) in [4.78, 5) is 15.7. The highest BCUT2D eigenvalue weighted by molar-refractivity contribution is 9.10. The summed E-state index contributed by atoms with van der Waals surface area (Å²) >= 11 is 3.26. The van der Waals surface area contributed by atoms with Gasteiger partial charge in [-0.3, -0.25) is 9.48 Å². The van der Waals surface area contributed by atoms with E-state index in [4.69, 9.17) is 0 Å². The standard InChI is InChI=1S/C10H10BrN5O/c11-8-1-2-9(13-7-8)10(17)12-3-5-16-6-4-14-15-16/h1-2,4,6-7H,3,5H2,(H,12,17). The molecule has 6 nitrogen and oxygen atoms in total. The van der Waals surface area contributed by atoms with Crippen LogP contribution in [0, 0.1) is 0 Å². The lowest BCUT2D eigenvalue weighted by Gasteiger charge is -2.04. The number of aromatic nitrogens is 4. The zero-order valence-corrected chi connectivity index (χ0v) is 10.5. The Bertz CT molecular complexity index is 482. The zero-order valence-electron chi connectivity index (χ0n) is 8.88. The van der Waals surface area contributed by atoms with Gasteiger partial charge in [-0.05, 0) is 28.1 Å². The van der Waals surface area contributed by atoms with E-state index in [1.165, 1.54) is 0 Å². The molecule has 2 aromatic heterocycles. The molecular formula is C10H10BrN5O. The second kappa shape index (κ2) is 5.53. The summed E-state index contributed by atoms with van der Waals surface area (Å²) in [6.07, 6.45) is 4.93. The molecule has 0 fully saturated rings. The number of halogens is 1. The van der Waals surface area contributed by atoms with Crippen molar-refractivity contribution in [3.8, 4) is 0 Å². The molecule has 0 unspecified atom stereocenters. The van der Waals surface area contributed by atoms with E-state index in [2.05, 4.69) is 36.5 Å². The summed E-state index contributed by atoms with van der Waals surface area (Å²) in [5.74, 6) is -0.197. The van der Waals surface area contributed by atoms with Gasteiger partial charge in [-0.15, -0.1) is 5.10 Å². The van der Waals surface area contributed by atoms with Crippen molar-refractivity contribution in [2.45, 2.75) is 6.54 Å². The fourth-order valence-electron chi connectivity index (χ4n) is 1.24. The molecule has 88 valence electrons. The molecule has 1 N–H and O–H groups in total. The van der Waals surface area contributed by atoms with Crippen molar-refractivity contribution >= 4 is 21.8 Å². The first-order valence-electron chi connectivity index (χ1n) is 4.99. The minimum absolute atomic E-state index is 0.197. The first kappa shape index (κ1) is 11.7. The molecular weight excluding hydrogens is 286 g/mol. The third-order valence-electron chi connectivity index (χ3n) is 2.06. The molecule has 0 aliphatic carbocycles. The normalized spacial score (nSPS) is 10.2. The summed E-state index contributed by atoms with van der Waals surface area (Å²) in [6.45, 7) is 1.07. The first-order chi connectivity index (χ1) is 8.25. The summed E-state index contributed by atoms with van der Waals surface area (Å²) in [7, 11) is 0. The summed E-state index contributed by atoms with van der Waals surface area (Å²) < 4.78 is 2.49. The summed E-state index contributed by atoms with van der Waals surface area (Å²) in [5.41, 5.74) is 0.395. The van der Waals surface area contributed by atoms with E-state index in [9.17, 15) is 4.79 Å². The highest BCUT2D eigenvalue weighted by Crippen LogP contribution is 2.06. The molecule has 0 radical (unpaired) electrons. The molecule has 7 heteroatoms. The Labute approximate surface area is 106 Å². The van der Waals surface area contributed by atoms with Gasteiger partial charge < -0.3 is 5.32 Å². The first-order valence-corrected chi connectivity index (χ1v) is 5.79. The van der Waals surface area contributed by atoms with Gasteiger partial charge in [-0.1, -0.05) is 5.21 Å². The highest BCUT2D eigenvalue weighted by Gasteiger charge is 2.05. The smallest absolute Gasteiger partial charge is 0.269 e. The maximum atomic E-state index is 11.7. The lowest BCUT2D eigenvalue weighted by Crippen LogP contribution is -2.28. The van der Waals surface area contributed by atoms with Crippen LogP contribution in [-0.2, 0) is 6.54 Å². The molecule has 2 rings (SSSR count). The quantitative estimate of drug-likeness (QED) is 0.908. The average Bonchev–Trinajstić information content (AvgIpc) is 2.83. The number of carbonyl (C=O) groups excluding carboxylic acids is 1. The molecule has 0 bridgehead atoms. The average molecular weight is 296 g/mol. The number of rotatable bonds is 4. The van der Waals surface area contributed by atoms with Crippen molar-refractivity contribution in [2.24, 2.45) is 0 Å². The lowest BCUT2D eigenvalue weighted by atomic mass is 10.3. The van der Waals surface area contributed by atoms with Crippen LogP contribution >= 0.6 is 15.9 Å². The number of hydrogen-bond donors (Lipinski definition) is 1. The molecule has 0 aromatic carbocycles. The third-order valence-corrected chi connectivity index (χ3v) is 2.53. The van der Waals surface area contributed by atoms with Crippen LogP contribution in [0.15, 0.2) is 35.2 Å². The van der Waals surface area contributed by atoms with E-state index in [-0.39, 0.29) is 5.91 Å². The fraction of sp³-hybridized carbons (Fsp3) is 0.200. The lowest BCUT2D eigenvalue weighted by molar-refractivity contribution is 0.0947. The number of pyridine rings is 1. The fourth-order valence-corrected chi connectivity index (χ4v) is 1.47. The van der Waals surface area contributed by atoms with Gasteiger partial charge in [0.25, 0.3) is 5.91 Å². The summed E-state index contributed by atoms with van der Waals surface area (Å²) in [6, 6.07) is 3.44. The van der Waals surface area contributed by atoms with Gasteiger partial charge >= 0.3 is 0 Å². The van der Waals surface area contributed by atoms with Crippen molar-refractivity contribution in [3.05, 3.63) is 40.9 Å². The van der Waals surface area contributed by atoms with Gasteiger partial charge in [-0.2, -0.15) is 0 Å². The van der Waals surface area contributed by atoms with Crippen LogP contribution in [-0.4, -0.2) is 32.4 Å². The van der Waals surface area contributed by atoms with E-state index in [0.29, 0.717) is 18.8 Å². The van der Waals surface area contributed by atoms with E-state index in [0.717, 1.165) is 4.47 Å². The molecule has 1 amide bonds. The second-order valence-corrected chi connectivity index (χ2v) is 4.20. The molecule has 0 saturated carbocycles. The summed E-state index contributed by atoms with van der Waals surface area (Å²) in [5, 5.41) is 10.2. The Kier molecular flexibility index (Phi) is 3.81. The SMILES string of the molecule is O=C(NCCn1ccnn1)c1ccc(Br)cn1. The Hall–Kier alpha value is -1.76. The van der Waals surface area contributed by atoms with E-state index in [1.54, 1.807) is 35.4 Å². The monoisotopic (exact) mass is 295 g/mol. The Morgan fingerprint density at radius 1 is 1.47 bits per heavy atom. The van der Waals surface area contributed by atoms with Gasteiger partial charge in [0, 0.05) is 23.4 Å². The minimum atomic E-state index is -0.197. The van der Waals surface area contributed by atoms with Gasteiger partial charge in [0.2, 0.25) is 0 Å². The molecule has 0 aliphatic rings. The van der Waals surface area contributed by atoms with Crippen LogP contribution in [0.2, 0.25) is 0 Å². The molecule has 0 spiro atoms. The molecule has 2 heterocycles. The maximum Gasteiger partial charge on any atom is 0.269 e. The highest BCUT2D eigenvalue weighted by atomic mass is 79.9. The molecule has 0 atom stereocenters. The largest absolute Gasteiger partial charge is 0.349 e. The van der Waals surface area contributed by atoms with Crippen molar-refractivity contribution in [2.75, 3.05) is 6.54 Å². The van der Waals surface area contributed by atoms with Crippen LogP contribution in [0.4, 0.5) is 0 Å². The van der Waals surface area contributed by atoms with Crippen molar-refractivity contribution in [1.82, 2.24) is 25.3 Å². The molecule has 17 heavy (non-hydrogen) atoms. The van der Waals surface area contributed by atoms with Crippen molar-refractivity contribution in [3.63, 3.8) is 0 Å². The van der Waals surface area contributed by atoms with E-state index < -0.39 is 0 Å². The van der Waals surface area contributed by atoms with E-state index in [1.807, 2.05) is 0 Å². The van der Waals surface area contributed by atoms with Crippen LogP contribution in [0.1, 0.15) is 10.5 Å². The van der Waals surface area contributed by atoms with Crippen molar-refractivity contribution in [1.29, 1.82) is 0 Å². The van der Waals surface area contributed by atoms with Gasteiger partial charge in [-0.25, -0.2) is 4.98 Å². The second-order valence-electron chi connectivity index (χ2n) is 3.28. The van der Waals surface area contributed by atoms with Crippen LogP contribution < -0.4 is 5.32 Å². The maximum absolute atomic E-state index is 11.7.